The lowest BCUT2D eigenvalue weighted by Crippen LogP contribution is -2.24. The first kappa shape index (κ1) is 9.00. The molecule has 0 unspecified atom stereocenters. The third-order valence-corrected chi connectivity index (χ3v) is 1.48. The lowest BCUT2D eigenvalue weighted by molar-refractivity contribution is 0.203. The number of carboxylic acid groups (broad SMARTS) is 1. The molecule has 1 heterocycles. The first-order valence-electron chi connectivity index (χ1n) is 3.49. The standard InChI is InChI=1S/C8H7N3O2/c1-11(8(12)13)7-4-2-3-6(5-9)10-7/h2-4H,1H3,(H,12,13). The van der Waals surface area contributed by atoms with E-state index in [4.69, 9.17) is 10.4 Å². The van der Waals surface area contributed by atoms with Crippen molar-refractivity contribution in [2.24, 2.45) is 0 Å². The Morgan fingerprint density at radius 2 is 2.38 bits per heavy atom. The Hall–Kier alpha value is -2.09. The molecule has 0 aromatic carbocycles. The van der Waals surface area contributed by atoms with Crippen molar-refractivity contribution in [3.8, 4) is 6.07 Å². The normalized spacial score (nSPS) is 8.92. The quantitative estimate of drug-likeness (QED) is 0.695. The molecule has 0 radical (unpaired) electrons. The third-order valence-electron chi connectivity index (χ3n) is 1.48. The average molecular weight is 177 g/mol. The number of amides is 1. The fraction of sp³-hybridized carbons (Fsp3) is 0.125. The van der Waals surface area contributed by atoms with Crippen molar-refractivity contribution in [1.29, 1.82) is 5.26 Å². The van der Waals surface area contributed by atoms with Gasteiger partial charge in [-0.15, -0.1) is 0 Å². The summed E-state index contributed by atoms with van der Waals surface area (Å²) in [5.41, 5.74) is 0.200. The summed E-state index contributed by atoms with van der Waals surface area (Å²) in [5, 5.41) is 17.1. The second kappa shape index (κ2) is 3.54. The molecule has 0 aliphatic rings. The van der Waals surface area contributed by atoms with Crippen LogP contribution in [-0.2, 0) is 0 Å². The van der Waals surface area contributed by atoms with Crippen LogP contribution >= 0.6 is 0 Å². The van der Waals surface area contributed by atoms with Crippen LogP contribution in [0.3, 0.4) is 0 Å². The third kappa shape index (κ3) is 1.93. The van der Waals surface area contributed by atoms with E-state index >= 15 is 0 Å². The Kier molecular flexibility index (Phi) is 2.45. The highest BCUT2D eigenvalue weighted by Gasteiger charge is 2.09. The molecular formula is C8H7N3O2. The SMILES string of the molecule is CN(C(=O)O)c1cccc(C#N)n1. The summed E-state index contributed by atoms with van der Waals surface area (Å²) in [6.07, 6.45) is -1.11. The van der Waals surface area contributed by atoms with E-state index in [2.05, 4.69) is 4.98 Å². The van der Waals surface area contributed by atoms with Gasteiger partial charge in [-0.1, -0.05) is 6.07 Å². The molecule has 0 saturated carbocycles. The molecule has 0 saturated heterocycles. The summed E-state index contributed by atoms with van der Waals surface area (Å²) in [5.74, 6) is 0.242. The van der Waals surface area contributed by atoms with E-state index in [-0.39, 0.29) is 11.5 Å². The molecule has 0 bridgehead atoms. The first-order chi connectivity index (χ1) is 6.15. The summed E-state index contributed by atoms with van der Waals surface area (Å²) < 4.78 is 0. The number of carbonyl (C=O) groups is 1. The molecule has 0 atom stereocenters. The van der Waals surface area contributed by atoms with Gasteiger partial charge < -0.3 is 5.11 Å². The summed E-state index contributed by atoms with van der Waals surface area (Å²) in [4.78, 5) is 15.2. The van der Waals surface area contributed by atoms with Crippen molar-refractivity contribution >= 4 is 11.9 Å². The van der Waals surface area contributed by atoms with Gasteiger partial charge in [0.2, 0.25) is 0 Å². The topological polar surface area (TPSA) is 77.2 Å². The highest BCUT2D eigenvalue weighted by Crippen LogP contribution is 2.08. The van der Waals surface area contributed by atoms with Gasteiger partial charge in [-0.05, 0) is 12.1 Å². The van der Waals surface area contributed by atoms with Crippen molar-refractivity contribution < 1.29 is 9.90 Å². The van der Waals surface area contributed by atoms with Gasteiger partial charge in [0.1, 0.15) is 17.6 Å². The van der Waals surface area contributed by atoms with Crippen molar-refractivity contribution in [3.63, 3.8) is 0 Å². The van der Waals surface area contributed by atoms with Crippen LogP contribution in [-0.4, -0.2) is 23.2 Å². The molecule has 0 aliphatic heterocycles. The van der Waals surface area contributed by atoms with Gasteiger partial charge in [-0.2, -0.15) is 5.26 Å². The van der Waals surface area contributed by atoms with Crippen LogP contribution in [0.25, 0.3) is 0 Å². The van der Waals surface area contributed by atoms with E-state index in [1.54, 1.807) is 6.07 Å². The highest BCUT2D eigenvalue weighted by atomic mass is 16.4. The first-order valence-corrected chi connectivity index (χ1v) is 3.49. The zero-order chi connectivity index (χ0) is 9.84. The molecule has 1 rings (SSSR count). The Morgan fingerprint density at radius 3 is 2.92 bits per heavy atom. The molecule has 66 valence electrons. The minimum absolute atomic E-state index is 0.200. The molecule has 1 aromatic heterocycles. The lowest BCUT2D eigenvalue weighted by atomic mass is 10.3. The number of anilines is 1. The maximum absolute atomic E-state index is 10.5. The zero-order valence-corrected chi connectivity index (χ0v) is 6.93. The van der Waals surface area contributed by atoms with Gasteiger partial charge in [0, 0.05) is 7.05 Å². The van der Waals surface area contributed by atoms with Crippen molar-refractivity contribution in [2.75, 3.05) is 11.9 Å². The van der Waals surface area contributed by atoms with Crippen LogP contribution in [0.2, 0.25) is 0 Å². The molecule has 1 amide bonds. The second-order valence-corrected chi connectivity index (χ2v) is 2.33. The van der Waals surface area contributed by atoms with E-state index in [9.17, 15) is 4.79 Å². The maximum Gasteiger partial charge on any atom is 0.412 e. The number of nitriles is 1. The Morgan fingerprint density at radius 1 is 1.69 bits per heavy atom. The fourth-order valence-electron chi connectivity index (χ4n) is 0.770. The number of rotatable bonds is 1. The molecule has 0 aliphatic carbocycles. The highest BCUT2D eigenvalue weighted by molar-refractivity contribution is 5.83. The molecule has 0 spiro atoms. The lowest BCUT2D eigenvalue weighted by Gasteiger charge is -2.10. The smallest absolute Gasteiger partial charge is 0.412 e. The van der Waals surface area contributed by atoms with Crippen LogP contribution in [0, 0.1) is 11.3 Å². The molecule has 1 N–H and O–H groups in total. The summed E-state index contributed by atoms with van der Waals surface area (Å²) in [7, 11) is 1.37. The van der Waals surface area contributed by atoms with Crippen molar-refractivity contribution in [3.05, 3.63) is 23.9 Å². The Balaban J connectivity index is 3.03. The van der Waals surface area contributed by atoms with E-state index in [1.807, 2.05) is 6.07 Å². The number of nitrogens with zero attached hydrogens (tertiary/aromatic N) is 3. The molecule has 0 fully saturated rings. The summed E-state index contributed by atoms with van der Waals surface area (Å²) >= 11 is 0. The molecule has 1 aromatic rings. The van der Waals surface area contributed by atoms with Crippen molar-refractivity contribution in [2.45, 2.75) is 0 Å². The zero-order valence-electron chi connectivity index (χ0n) is 6.93. The summed E-state index contributed by atoms with van der Waals surface area (Å²) in [6, 6.07) is 6.45. The maximum atomic E-state index is 10.5. The van der Waals surface area contributed by atoms with E-state index in [1.165, 1.54) is 19.2 Å². The number of aromatic nitrogens is 1. The van der Waals surface area contributed by atoms with Crippen LogP contribution in [0.1, 0.15) is 5.69 Å². The minimum Gasteiger partial charge on any atom is -0.465 e. The van der Waals surface area contributed by atoms with Gasteiger partial charge in [0.25, 0.3) is 0 Å². The molecule has 5 nitrogen and oxygen atoms in total. The predicted molar refractivity (Wildman–Crippen MR) is 45.4 cm³/mol. The predicted octanol–water partition coefficient (Wildman–Crippen LogP) is 1.07. The van der Waals surface area contributed by atoms with Gasteiger partial charge in [-0.3, -0.25) is 4.90 Å². The number of hydrogen-bond donors (Lipinski definition) is 1. The molecular weight excluding hydrogens is 170 g/mol. The van der Waals surface area contributed by atoms with Gasteiger partial charge in [0.05, 0.1) is 0 Å². The monoisotopic (exact) mass is 177 g/mol. The molecule has 13 heavy (non-hydrogen) atoms. The second-order valence-electron chi connectivity index (χ2n) is 2.33. The van der Waals surface area contributed by atoms with Crippen LogP contribution in [0.15, 0.2) is 18.2 Å². The average Bonchev–Trinajstić information content (AvgIpc) is 2.16. The minimum atomic E-state index is -1.11. The Labute approximate surface area is 74.9 Å². The molecule has 5 heteroatoms. The van der Waals surface area contributed by atoms with Crippen LogP contribution in [0.5, 0.6) is 0 Å². The fourth-order valence-corrected chi connectivity index (χ4v) is 0.770. The van der Waals surface area contributed by atoms with E-state index < -0.39 is 6.09 Å². The largest absolute Gasteiger partial charge is 0.465 e. The van der Waals surface area contributed by atoms with Crippen LogP contribution < -0.4 is 4.90 Å². The van der Waals surface area contributed by atoms with E-state index in [0.29, 0.717) is 0 Å². The van der Waals surface area contributed by atoms with Gasteiger partial charge in [0.15, 0.2) is 0 Å². The van der Waals surface area contributed by atoms with Gasteiger partial charge >= 0.3 is 6.09 Å². The summed E-state index contributed by atoms with van der Waals surface area (Å²) in [6.45, 7) is 0. The number of hydrogen-bond acceptors (Lipinski definition) is 3. The van der Waals surface area contributed by atoms with Crippen molar-refractivity contribution in [1.82, 2.24) is 4.98 Å². The van der Waals surface area contributed by atoms with E-state index in [0.717, 1.165) is 4.90 Å². The number of pyridine rings is 1. The van der Waals surface area contributed by atoms with Gasteiger partial charge in [-0.25, -0.2) is 9.78 Å². The van der Waals surface area contributed by atoms with Crippen LogP contribution in [0.4, 0.5) is 10.6 Å². The Bertz CT molecular complexity index is 370.